The summed E-state index contributed by atoms with van der Waals surface area (Å²) in [6, 6.07) is 10.2. The molecule has 1 aromatic carbocycles. The van der Waals surface area contributed by atoms with E-state index in [2.05, 4.69) is 15.1 Å². The molecular weight excluding hydrogens is 350 g/mol. The summed E-state index contributed by atoms with van der Waals surface area (Å²) in [5.41, 5.74) is 0.897. The van der Waals surface area contributed by atoms with E-state index in [0.29, 0.717) is 28.5 Å². The molecule has 0 aliphatic heterocycles. The number of rotatable bonds is 5. The van der Waals surface area contributed by atoms with Crippen molar-refractivity contribution in [2.75, 3.05) is 0 Å². The number of nitrogens with zero attached hydrogens (tertiary/aromatic N) is 4. The molecule has 0 bridgehead atoms. The maximum atomic E-state index is 13.5. The maximum Gasteiger partial charge on any atom is 0.321 e. The van der Waals surface area contributed by atoms with Crippen LogP contribution in [-0.2, 0) is 0 Å². The lowest BCUT2D eigenvalue weighted by Crippen LogP contribution is -2.01. The molecule has 3 heterocycles. The number of fused-ring (bicyclic) bond motifs is 1. The Bertz CT molecular complexity index is 997. The summed E-state index contributed by atoms with van der Waals surface area (Å²) < 4.78 is 38.3. The summed E-state index contributed by atoms with van der Waals surface area (Å²) >= 11 is 1.13. The SMILES string of the molecule is C[C@@H](Sc1nc2ccccc2n1C(F)F)c1nc(-c2ccco2)no1. The number of alkyl halides is 2. The fourth-order valence-electron chi connectivity index (χ4n) is 2.41. The first kappa shape index (κ1) is 15.8. The Labute approximate surface area is 144 Å². The van der Waals surface area contributed by atoms with Crippen molar-refractivity contribution >= 4 is 22.8 Å². The molecule has 0 saturated carbocycles. The molecule has 1 atom stereocenters. The monoisotopic (exact) mass is 362 g/mol. The van der Waals surface area contributed by atoms with E-state index < -0.39 is 6.55 Å². The maximum absolute atomic E-state index is 13.5. The normalized spacial score (nSPS) is 13.0. The van der Waals surface area contributed by atoms with Gasteiger partial charge in [-0.3, -0.25) is 4.57 Å². The van der Waals surface area contributed by atoms with Crippen LogP contribution in [0.5, 0.6) is 0 Å². The van der Waals surface area contributed by atoms with Gasteiger partial charge in [-0.1, -0.05) is 29.1 Å². The molecule has 0 N–H and O–H groups in total. The lowest BCUT2D eigenvalue weighted by Gasteiger charge is -2.09. The first-order chi connectivity index (χ1) is 12.1. The minimum absolute atomic E-state index is 0.196. The predicted octanol–water partition coefficient (Wildman–Crippen LogP) is 4.93. The summed E-state index contributed by atoms with van der Waals surface area (Å²) in [5.74, 6) is 1.10. The van der Waals surface area contributed by atoms with Crippen LogP contribution in [0, 0.1) is 0 Å². The third-order valence-electron chi connectivity index (χ3n) is 3.57. The summed E-state index contributed by atoms with van der Waals surface area (Å²) in [5, 5.41) is 3.69. The zero-order chi connectivity index (χ0) is 17.4. The standard InChI is InChI=1S/C16H12F2N4O2S/c1-9(14-20-13(21-24-14)12-7-4-8-23-12)25-16-19-10-5-2-3-6-11(10)22(16)15(17)18/h2-9,15H,1H3/t9-/m1/s1. The molecule has 25 heavy (non-hydrogen) atoms. The van der Waals surface area contributed by atoms with E-state index in [1.807, 2.05) is 0 Å². The number of hydrogen-bond donors (Lipinski definition) is 0. The third-order valence-corrected chi connectivity index (χ3v) is 4.63. The van der Waals surface area contributed by atoms with Gasteiger partial charge >= 0.3 is 6.55 Å². The van der Waals surface area contributed by atoms with Gasteiger partial charge in [-0.15, -0.1) is 0 Å². The fourth-order valence-corrected chi connectivity index (χ4v) is 3.36. The van der Waals surface area contributed by atoms with Crippen molar-refractivity contribution in [3.05, 3.63) is 48.6 Å². The van der Waals surface area contributed by atoms with Crippen molar-refractivity contribution in [3.63, 3.8) is 0 Å². The van der Waals surface area contributed by atoms with Crippen LogP contribution in [0.4, 0.5) is 8.78 Å². The topological polar surface area (TPSA) is 69.9 Å². The Morgan fingerprint density at radius 2 is 1.96 bits per heavy atom. The van der Waals surface area contributed by atoms with Gasteiger partial charge in [0, 0.05) is 0 Å². The molecule has 4 aromatic rings. The van der Waals surface area contributed by atoms with Gasteiger partial charge in [-0.2, -0.15) is 13.8 Å². The Morgan fingerprint density at radius 1 is 1.12 bits per heavy atom. The van der Waals surface area contributed by atoms with Crippen LogP contribution >= 0.6 is 11.8 Å². The van der Waals surface area contributed by atoms with E-state index in [1.54, 1.807) is 43.3 Å². The van der Waals surface area contributed by atoms with Crippen LogP contribution in [0.3, 0.4) is 0 Å². The fraction of sp³-hybridized carbons (Fsp3) is 0.188. The predicted molar refractivity (Wildman–Crippen MR) is 87.3 cm³/mol. The van der Waals surface area contributed by atoms with Gasteiger partial charge in [0.1, 0.15) is 0 Å². The van der Waals surface area contributed by atoms with Crippen LogP contribution in [0.25, 0.3) is 22.6 Å². The van der Waals surface area contributed by atoms with Crippen LogP contribution in [0.15, 0.2) is 56.8 Å². The minimum Gasteiger partial charge on any atom is -0.461 e. The van der Waals surface area contributed by atoms with Gasteiger partial charge in [0.15, 0.2) is 10.9 Å². The zero-order valence-electron chi connectivity index (χ0n) is 13.0. The summed E-state index contributed by atoms with van der Waals surface area (Å²) in [6.07, 6.45) is 1.51. The van der Waals surface area contributed by atoms with E-state index in [9.17, 15) is 8.78 Å². The number of thioether (sulfide) groups is 1. The lowest BCUT2D eigenvalue weighted by atomic mass is 10.3. The van der Waals surface area contributed by atoms with Crippen LogP contribution in [-0.4, -0.2) is 19.7 Å². The molecule has 0 aliphatic rings. The number of aromatic nitrogens is 4. The van der Waals surface area contributed by atoms with E-state index in [1.165, 1.54) is 6.26 Å². The van der Waals surface area contributed by atoms with Gasteiger partial charge in [0.2, 0.25) is 11.7 Å². The molecule has 0 radical (unpaired) electrons. The van der Waals surface area contributed by atoms with E-state index in [4.69, 9.17) is 8.94 Å². The Hall–Kier alpha value is -2.68. The van der Waals surface area contributed by atoms with Gasteiger partial charge in [-0.25, -0.2) is 4.98 Å². The Kier molecular flexibility index (Phi) is 4.00. The number of furan rings is 1. The molecule has 0 saturated heterocycles. The Balaban J connectivity index is 1.64. The highest BCUT2D eigenvalue weighted by Crippen LogP contribution is 2.37. The smallest absolute Gasteiger partial charge is 0.321 e. The Morgan fingerprint density at radius 3 is 2.72 bits per heavy atom. The van der Waals surface area contributed by atoms with Crippen LogP contribution < -0.4 is 0 Å². The van der Waals surface area contributed by atoms with E-state index in [0.717, 1.165) is 16.3 Å². The first-order valence-corrected chi connectivity index (χ1v) is 8.30. The average molecular weight is 362 g/mol. The molecule has 4 rings (SSSR count). The van der Waals surface area contributed by atoms with Crippen molar-refractivity contribution in [1.82, 2.24) is 19.7 Å². The number of imidazole rings is 1. The van der Waals surface area contributed by atoms with E-state index >= 15 is 0 Å². The quantitative estimate of drug-likeness (QED) is 0.469. The summed E-state index contributed by atoms with van der Waals surface area (Å²) in [4.78, 5) is 8.55. The number of hydrogen-bond acceptors (Lipinski definition) is 6. The molecular formula is C16H12F2N4O2S. The second-order valence-electron chi connectivity index (χ2n) is 5.22. The van der Waals surface area contributed by atoms with Crippen molar-refractivity contribution in [2.24, 2.45) is 0 Å². The summed E-state index contributed by atoms with van der Waals surface area (Å²) in [7, 11) is 0. The lowest BCUT2D eigenvalue weighted by molar-refractivity contribution is 0.0656. The first-order valence-electron chi connectivity index (χ1n) is 7.42. The zero-order valence-corrected chi connectivity index (χ0v) is 13.8. The number of para-hydroxylation sites is 2. The van der Waals surface area contributed by atoms with Crippen molar-refractivity contribution in [3.8, 4) is 11.6 Å². The van der Waals surface area contributed by atoms with Gasteiger partial charge in [0.25, 0.3) is 0 Å². The van der Waals surface area contributed by atoms with Crippen molar-refractivity contribution in [2.45, 2.75) is 23.9 Å². The highest BCUT2D eigenvalue weighted by atomic mass is 32.2. The second kappa shape index (κ2) is 6.32. The molecule has 0 spiro atoms. The van der Waals surface area contributed by atoms with Crippen LogP contribution in [0.1, 0.15) is 24.6 Å². The van der Waals surface area contributed by atoms with Gasteiger partial charge < -0.3 is 8.94 Å². The molecule has 0 fully saturated rings. The highest BCUT2D eigenvalue weighted by molar-refractivity contribution is 7.99. The van der Waals surface area contributed by atoms with E-state index in [-0.39, 0.29) is 10.4 Å². The van der Waals surface area contributed by atoms with Crippen molar-refractivity contribution < 1.29 is 17.7 Å². The van der Waals surface area contributed by atoms with Crippen molar-refractivity contribution in [1.29, 1.82) is 0 Å². The summed E-state index contributed by atoms with van der Waals surface area (Å²) in [6.45, 7) is -0.900. The van der Waals surface area contributed by atoms with Crippen LogP contribution in [0.2, 0.25) is 0 Å². The molecule has 0 aliphatic carbocycles. The minimum atomic E-state index is -2.69. The molecule has 0 unspecified atom stereocenters. The molecule has 0 amide bonds. The largest absolute Gasteiger partial charge is 0.461 e. The number of halogens is 2. The highest BCUT2D eigenvalue weighted by Gasteiger charge is 2.23. The molecule has 3 aromatic heterocycles. The molecule has 6 nitrogen and oxygen atoms in total. The average Bonchev–Trinajstić information content (AvgIpc) is 3.32. The molecule has 9 heteroatoms. The van der Waals surface area contributed by atoms with Gasteiger partial charge in [0.05, 0.1) is 22.5 Å². The molecule has 128 valence electrons. The van der Waals surface area contributed by atoms with Gasteiger partial charge in [-0.05, 0) is 31.2 Å². The third kappa shape index (κ3) is 2.91. The number of benzene rings is 1. The second-order valence-corrected chi connectivity index (χ2v) is 6.53.